The van der Waals surface area contributed by atoms with Gasteiger partial charge in [-0.2, -0.15) is 0 Å². The Morgan fingerprint density at radius 1 is 1.31 bits per heavy atom. The molecule has 0 N–H and O–H groups in total. The zero-order valence-electron chi connectivity index (χ0n) is 9.07. The van der Waals surface area contributed by atoms with Crippen LogP contribution in [0.5, 0.6) is 0 Å². The number of halogens is 1. The van der Waals surface area contributed by atoms with E-state index in [9.17, 15) is 4.79 Å². The maximum atomic E-state index is 11.8. The van der Waals surface area contributed by atoms with E-state index in [-0.39, 0.29) is 5.91 Å². The second-order valence-electron chi connectivity index (χ2n) is 3.72. The predicted molar refractivity (Wildman–Crippen MR) is 64.8 cm³/mol. The molecule has 82 valence electrons. The van der Waals surface area contributed by atoms with Gasteiger partial charge >= 0.3 is 0 Å². The van der Waals surface area contributed by atoms with Crippen molar-refractivity contribution in [2.24, 2.45) is 0 Å². The molecule has 0 saturated heterocycles. The number of aromatic nitrogens is 1. The van der Waals surface area contributed by atoms with Crippen molar-refractivity contribution < 1.29 is 4.79 Å². The highest BCUT2D eigenvalue weighted by atomic mass is 35.5. The van der Waals surface area contributed by atoms with Crippen molar-refractivity contribution in [1.29, 1.82) is 0 Å². The maximum Gasteiger partial charge on any atom is 0.253 e. The van der Waals surface area contributed by atoms with Crippen LogP contribution in [-0.2, 0) is 0 Å². The monoisotopic (exact) mass is 234 g/mol. The SMILES string of the molecule is CN(C)C(=O)c1ccc2nccc(Cl)c2c1. The molecule has 3 nitrogen and oxygen atoms in total. The van der Waals surface area contributed by atoms with Crippen molar-refractivity contribution in [3.63, 3.8) is 0 Å². The summed E-state index contributed by atoms with van der Waals surface area (Å²) in [5, 5.41) is 1.41. The molecule has 0 saturated carbocycles. The standard InChI is InChI=1S/C12H11ClN2O/c1-15(2)12(16)8-3-4-11-9(7-8)10(13)5-6-14-11/h3-7H,1-2H3. The Kier molecular flexibility index (Phi) is 2.79. The maximum absolute atomic E-state index is 11.8. The van der Waals surface area contributed by atoms with Crippen LogP contribution in [0.4, 0.5) is 0 Å². The smallest absolute Gasteiger partial charge is 0.253 e. The summed E-state index contributed by atoms with van der Waals surface area (Å²) in [6.45, 7) is 0. The van der Waals surface area contributed by atoms with Gasteiger partial charge in [-0.3, -0.25) is 9.78 Å². The van der Waals surface area contributed by atoms with Gasteiger partial charge in [0.1, 0.15) is 0 Å². The molecule has 1 aromatic carbocycles. The molecule has 2 rings (SSSR count). The van der Waals surface area contributed by atoms with Gasteiger partial charge in [0.25, 0.3) is 5.91 Å². The highest BCUT2D eigenvalue weighted by Gasteiger charge is 2.09. The van der Waals surface area contributed by atoms with Crippen molar-refractivity contribution in [3.05, 3.63) is 41.0 Å². The van der Waals surface area contributed by atoms with Crippen molar-refractivity contribution in [2.75, 3.05) is 14.1 Å². The molecule has 1 amide bonds. The van der Waals surface area contributed by atoms with Crippen LogP contribution in [-0.4, -0.2) is 29.9 Å². The first-order valence-corrected chi connectivity index (χ1v) is 5.23. The molecule has 0 radical (unpaired) electrons. The topological polar surface area (TPSA) is 33.2 Å². The van der Waals surface area contributed by atoms with Gasteiger partial charge in [0.2, 0.25) is 0 Å². The summed E-state index contributed by atoms with van der Waals surface area (Å²) in [4.78, 5) is 17.5. The number of rotatable bonds is 1. The van der Waals surface area contributed by atoms with E-state index in [1.165, 1.54) is 4.90 Å². The van der Waals surface area contributed by atoms with Crippen molar-refractivity contribution in [2.45, 2.75) is 0 Å². The van der Waals surface area contributed by atoms with E-state index in [1.807, 2.05) is 0 Å². The summed E-state index contributed by atoms with van der Waals surface area (Å²) >= 11 is 6.05. The normalized spacial score (nSPS) is 10.4. The highest BCUT2D eigenvalue weighted by molar-refractivity contribution is 6.35. The Bertz CT molecular complexity index is 552. The first-order chi connectivity index (χ1) is 7.59. The molecular formula is C12H11ClN2O. The van der Waals surface area contributed by atoms with Gasteiger partial charge in [0, 0.05) is 31.2 Å². The van der Waals surface area contributed by atoms with Gasteiger partial charge in [0.15, 0.2) is 0 Å². The van der Waals surface area contributed by atoms with Crippen molar-refractivity contribution >= 4 is 28.4 Å². The molecule has 0 aliphatic carbocycles. The molecule has 2 aromatic rings. The average molecular weight is 235 g/mol. The Labute approximate surface area is 98.7 Å². The molecule has 0 unspecified atom stereocenters. The fourth-order valence-electron chi connectivity index (χ4n) is 1.50. The second kappa shape index (κ2) is 4.10. The van der Waals surface area contributed by atoms with E-state index in [2.05, 4.69) is 4.98 Å². The number of carbonyl (C=O) groups excluding carboxylic acids is 1. The van der Waals surface area contributed by atoms with E-state index in [1.54, 1.807) is 44.6 Å². The Balaban J connectivity index is 2.59. The number of pyridine rings is 1. The van der Waals surface area contributed by atoms with Gasteiger partial charge in [-0.1, -0.05) is 11.6 Å². The molecule has 1 heterocycles. The first kappa shape index (κ1) is 10.9. The number of amides is 1. The van der Waals surface area contributed by atoms with Crippen molar-refractivity contribution in [3.8, 4) is 0 Å². The minimum absolute atomic E-state index is 0.0400. The third-order valence-corrected chi connectivity index (χ3v) is 2.67. The molecule has 1 aromatic heterocycles. The summed E-state index contributed by atoms with van der Waals surface area (Å²) in [6.07, 6.45) is 1.65. The van der Waals surface area contributed by atoms with Gasteiger partial charge < -0.3 is 4.90 Å². The van der Waals surface area contributed by atoms with E-state index < -0.39 is 0 Å². The molecular weight excluding hydrogens is 224 g/mol. The van der Waals surface area contributed by atoms with Crippen LogP contribution >= 0.6 is 11.6 Å². The lowest BCUT2D eigenvalue weighted by atomic mass is 10.1. The summed E-state index contributed by atoms with van der Waals surface area (Å²) in [5.74, 6) is -0.0400. The van der Waals surface area contributed by atoms with Gasteiger partial charge in [-0.25, -0.2) is 0 Å². The number of fused-ring (bicyclic) bond motifs is 1. The van der Waals surface area contributed by atoms with Crippen molar-refractivity contribution in [1.82, 2.24) is 9.88 Å². The predicted octanol–water partition coefficient (Wildman–Crippen LogP) is 2.59. The van der Waals surface area contributed by atoms with E-state index in [4.69, 9.17) is 11.6 Å². The van der Waals surface area contributed by atoms with Crippen LogP contribution in [0, 0.1) is 0 Å². The van der Waals surface area contributed by atoms with Crippen LogP contribution in [0.3, 0.4) is 0 Å². The van der Waals surface area contributed by atoms with Crippen LogP contribution < -0.4 is 0 Å². The van der Waals surface area contributed by atoms with Crippen LogP contribution in [0.25, 0.3) is 10.9 Å². The zero-order valence-corrected chi connectivity index (χ0v) is 9.82. The molecule has 0 bridgehead atoms. The van der Waals surface area contributed by atoms with E-state index >= 15 is 0 Å². The fourth-order valence-corrected chi connectivity index (χ4v) is 1.71. The Morgan fingerprint density at radius 3 is 2.75 bits per heavy atom. The van der Waals surface area contributed by atoms with E-state index in [0.29, 0.717) is 10.6 Å². The minimum atomic E-state index is -0.0400. The molecule has 0 fully saturated rings. The summed E-state index contributed by atoms with van der Waals surface area (Å²) in [6, 6.07) is 7.05. The second-order valence-corrected chi connectivity index (χ2v) is 4.13. The van der Waals surface area contributed by atoms with Gasteiger partial charge in [0.05, 0.1) is 10.5 Å². The number of hydrogen-bond acceptors (Lipinski definition) is 2. The lowest BCUT2D eigenvalue weighted by Gasteiger charge is -2.10. The largest absolute Gasteiger partial charge is 0.345 e. The minimum Gasteiger partial charge on any atom is -0.345 e. The Hall–Kier alpha value is -1.61. The first-order valence-electron chi connectivity index (χ1n) is 4.85. The van der Waals surface area contributed by atoms with Crippen LogP contribution in [0.15, 0.2) is 30.5 Å². The molecule has 0 aliphatic heterocycles. The average Bonchev–Trinajstić information content (AvgIpc) is 2.28. The van der Waals surface area contributed by atoms with Gasteiger partial charge in [-0.15, -0.1) is 0 Å². The molecule has 16 heavy (non-hydrogen) atoms. The summed E-state index contributed by atoms with van der Waals surface area (Å²) in [5.41, 5.74) is 1.41. The quantitative estimate of drug-likeness (QED) is 0.760. The summed E-state index contributed by atoms with van der Waals surface area (Å²) < 4.78 is 0. The summed E-state index contributed by atoms with van der Waals surface area (Å²) in [7, 11) is 3.44. The lowest BCUT2D eigenvalue weighted by molar-refractivity contribution is 0.0828. The number of hydrogen-bond donors (Lipinski definition) is 0. The van der Waals surface area contributed by atoms with Crippen LogP contribution in [0.1, 0.15) is 10.4 Å². The Morgan fingerprint density at radius 2 is 2.06 bits per heavy atom. The lowest BCUT2D eigenvalue weighted by Crippen LogP contribution is -2.21. The van der Waals surface area contributed by atoms with Crippen LogP contribution in [0.2, 0.25) is 5.02 Å². The number of carbonyl (C=O) groups is 1. The van der Waals surface area contributed by atoms with Gasteiger partial charge in [-0.05, 0) is 24.3 Å². The van der Waals surface area contributed by atoms with E-state index in [0.717, 1.165) is 10.9 Å². The molecule has 0 atom stereocenters. The highest BCUT2D eigenvalue weighted by Crippen LogP contribution is 2.22. The molecule has 0 spiro atoms. The third kappa shape index (κ3) is 1.86. The number of benzene rings is 1. The fraction of sp³-hybridized carbons (Fsp3) is 0.167. The zero-order chi connectivity index (χ0) is 11.7. The third-order valence-electron chi connectivity index (χ3n) is 2.34. The number of nitrogens with zero attached hydrogens (tertiary/aromatic N) is 2. The molecule has 4 heteroatoms. The molecule has 0 aliphatic rings.